The molecule has 1 aromatic heterocycles. The van der Waals surface area contributed by atoms with E-state index in [1.165, 1.54) is 0 Å². The van der Waals surface area contributed by atoms with Gasteiger partial charge in [-0.05, 0) is 23.4 Å². The third kappa shape index (κ3) is 2.97. The highest BCUT2D eigenvalue weighted by atomic mass is 32.2. The lowest BCUT2D eigenvalue weighted by molar-refractivity contribution is -0.133. The molecule has 22 heavy (non-hydrogen) atoms. The molecule has 6 heteroatoms. The van der Waals surface area contributed by atoms with Crippen LogP contribution in [0.25, 0.3) is 10.8 Å². The Kier molecular flexibility index (Phi) is 3.87. The summed E-state index contributed by atoms with van der Waals surface area (Å²) in [5.74, 6) is -0.383. The Morgan fingerprint density at radius 2 is 2.18 bits per heavy atom. The highest BCUT2D eigenvalue weighted by molar-refractivity contribution is 7.91. The van der Waals surface area contributed by atoms with E-state index >= 15 is 0 Å². The molecule has 0 bridgehead atoms. The van der Waals surface area contributed by atoms with Crippen LogP contribution in [0, 0.1) is 5.92 Å². The van der Waals surface area contributed by atoms with Crippen LogP contribution in [0.5, 0.6) is 0 Å². The standard InChI is InChI=1S/C16H18N2O3S/c1-18(16(19)14-6-8-22(20,21)11-14)10-13-4-2-3-12-9-17-7-5-15(12)13/h2-5,7,9,14H,6,8,10-11H2,1H3/t14-/m1/s1. The van der Waals surface area contributed by atoms with E-state index in [4.69, 9.17) is 0 Å². The van der Waals surface area contributed by atoms with Gasteiger partial charge in [-0.1, -0.05) is 18.2 Å². The van der Waals surface area contributed by atoms with Crippen LogP contribution in [-0.2, 0) is 21.2 Å². The van der Waals surface area contributed by atoms with Gasteiger partial charge in [0.25, 0.3) is 0 Å². The topological polar surface area (TPSA) is 67.3 Å². The number of nitrogens with zero attached hydrogens (tertiary/aromatic N) is 2. The molecule has 116 valence electrons. The quantitative estimate of drug-likeness (QED) is 0.862. The van der Waals surface area contributed by atoms with Crippen molar-refractivity contribution in [3.63, 3.8) is 0 Å². The fraction of sp³-hybridized carbons (Fsp3) is 0.375. The average molecular weight is 318 g/mol. The minimum atomic E-state index is -3.04. The maximum absolute atomic E-state index is 12.4. The first-order valence-corrected chi connectivity index (χ1v) is 9.05. The van der Waals surface area contributed by atoms with Gasteiger partial charge in [0.15, 0.2) is 9.84 Å². The Balaban J connectivity index is 1.79. The van der Waals surface area contributed by atoms with Crippen LogP contribution in [0.4, 0.5) is 0 Å². The summed E-state index contributed by atoms with van der Waals surface area (Å²) in [5, 5.41) is 2.10. The van der Waals surface area contributed by atoms with Crippen molar-refractivity contribution >= 4 is 26.5 Å². The number of pyridine rings is 1. The molecule has 1 aliphatic heterocycles. The summed E-state index contributed by atoms with van der Waals surface area (Å²) in [6, 6.07) is 7.84. The molecule has 0 radical (unpaired) electrons. The van der Waals surface area contributed by atoms with Gasteiger partial charge >= 0.3 is 0 Å². The zero-order valence-corrected chi connectivity index (χ0v) is 13.2. The Morgan fingerprint density at radius 3 is 2.91 bits per heavy atom. The summed E-state index contributed by atoms with van der Waals surface area (Å²) >= 11 is 0. The van der Waals surface area contributed by atoms with E-state index in [1.807, 2.05) is 24.3 Å². The monoisotopic (exact) mass is 318 g/mol. The van der Waals surface area contributed by atoms with E-state index in [-0.39, 0.29) is 17.4 Å². The van der Waals surface area contributed by atoms with E-state index < -0.39 is 15.8 Å². The molecule has 2 heterocycles. The second-order valence-corrected chi connectivity index (χ2v) is 8.04. The van der Waals surface area contributed by atoms with Crippen molar-refractivity contribution in [1.82, 2.24) is 9.88 Å². The molecule has 1 aliphatic rings. The number of fused-ring (bicyclic) bond motifs is 1. The van der Waals surface area contributed by atoms with Crippen LogP contribution in [-0.4, -0.2) is 42.8 Å². The smallest absolute Gasteiger partial charge is 0.226 e. The number of rotatable bonds is 3. The molecule has 2 aromatic rings. The van der Waals surface area contributed by atoms with Gasteiger partial charge in [-0.15, -0.1) is 0 Å². The van der Waals surface area contributed by atoms with Crippen LogP contribution >= 0.6 is 0 Å². The molecule has 1 fully saturated rings. The highest BCUT2D eigenvalue weighted by Gasteiger charge is 2.34. The lowest BCUT2D eigenvalue weighted by Gasteiger charge is -2.21. The predicted molar refractivity (Wildman–Crippen MR) is 85.0 cm³/mol. The van der Waals surface area contributed by atoms with Crippen molar-refractivity contribution < 1.29 is 13.2 Å². The van der Waals surface area contributed by atoms with E-state index in [0.29, 0.717) is 13.0 Å². The van der Waals surface area contributed by atoms with Crippen molar-refractivity contribution in [2.24, 2.45) is 5.92 Å². The van der Waals surface area contributed by atoms with Crippen LogP contribution in [0.15, 0.2) is 36.7 Å². The summed E-state index contributed by atoms with van der Waals surface area (Å²) in [6.07, 6.45) is 3.96. The zero-order chi connectivity index (χ0) is 15.7. The third-order valence-electron chi connectivity index (χ3n) is 4.14. The first-order chi connectivity index (χ1) is 10.5. The molecule has 0 saturated carbocycles. The van der Waals surface area contributed by atoms with E-state index in [2.05, 4.69) is 4.98 Å². The number of hydrogen-bond donors (Lipinski definition) is 0. The van der Waals surface area contributed by atoms with Crippen molar-refractivity contribution in [3.05, 3.63) is 42.2 Å². The molecule has 0 unspecified atom stereocenters. The molecule has 0 aliphatic carbocycles. The summed E-state index contributed by atoms with van der Waals surface area (Å²) in [7, 11) is -1.31. The van der Waals surface area contributed by atoms with E-state index in [0.717, 1.165) is 16.3 Å². The molecular formula is C16H18N2O3S. The van der Waals surface area contributed by atoms with Crippen LogP contribution < -0.4 is 0 Å². The minimum absolute atomic E-state index is 0.0182. The SMILES string of the molecule is CN(Cc1cccc2cnccc12)C(=O)[C@@H]1CCS(=O)(=O)C1. The van der Waals surface area contributed by atoms with Crippen LogP contribution in [0.2, 0.25) is 0 Å². The van der Waals surface area contributed by atoms with Gasteiger partial charge in [-0.2, -0.15) is 0 Å². The summed E-state index contributed by atoms with van der Waals surface area (Å²) in [5.41, 5.74) is 1.04. The first kappa shape index (κ1) is 15.0. The molecule has 1 saturated heterocycles. The zero-order valence-electron chi connectivity index (χ0n) is 12.4. The molecule has 3 rings (SSSR count). The third-order valence-corrected chi connectivity index (χ3v) is 5.90. The summed E-state index contributed by atoms with van der Waals surface area (Å²) in [6.45, 7) is 0.469. The fourth-order valence-corrected chi connectivity index (χ4v) is 4.69. The van der Waals surface area contributed by atoms with Gasteiger partial charge in [0.2, 0.25) is 5.91 Å². The first-order valence-electron chi connectivity index (χ1n) is 7.23. The Bertz CT molecular complexity index is 812. The van der Waals surface area contributed by atoms with Crippen molar-refractivity contribution in [1.29, 1.82) is 0 Å². The fourth-order valence-electron chi connectivity index (χ4n) is 2.96. The number of aromatic nitrogens is 1. The van der Waals surface area contributed by atoms with Crippen LogP contribution in [0.3, 0.4) is 0 Å². The Hall–Kier alpha value is -1.95. The molecule has 1 aromatic carbocycles. The van der Waals surface area contributed by atoms with Crippen molar-refractivity contribution in [2.75, 3.05) is 18.6 Å². The second-order valence-electron chi connectivity index (χ2n) is 5.81. The maximum Gasteiger partial charge on any atom is 0.226 e. The Labute approximate surface area is 129 Å². The number of benzene rings is 1. The van der Waals surface area contributed by atoms with E-state index in [9.17, 15) is 13.2 Å². The summed E-state index contributed by atoms with van der Waals surface area (Å²) in [4.78, 5) is 18.1. The number of sulfone groups is 1. The average Bonchev–Trinajstić information content (AvgIpc) is 2.87. The van der Waals surface area contributed by atoms with Gasteiger partial charge < -0.3 is 4.90 Å². The number of carbonyl (C=O) groups excluding carboxylic acids is 1. The van der Waals surface area contributed by atoms with Gasteiger partial charge in [0.05, 0.1) is 17.4 Å². The van der Waals surface area contributed by atoms with Crippen molar-refractivity contribution in [2.45, 2.75) is 13.0 Å². The number of amides is 1. The largest absolute Gasteiger partial charge is 0.341 e. The van der Waals surface area contributed by atoms with Gasteiger partial charge in [0, 0.05) is 31.4 Å². The molecule has 0 spiro atoms. The van der Waals surface area contributed by atoms with Gasteiger partial charge in [0.1, 0.15) is 0 Å². The maximum atomic E-state index is 12.4. The lowest BCUT2D eigenvalue weighted by atomic mass is 10.0. The highest BCUT2D eigenvalue weighted by Crippen LogP contribution is 2.23. The predicted octanol–water partition coefficient (Wildman–Crippen LogP) is 1.63. The second kappa shape index (κ2) is 5.68. The molecule has 0 N–H and O–H groups in total. The molecule has 5 nitrogen and oxygen atoms in total. The summed E-state index contributed by atoms with van der Waals surface area (Å²) < 4.78 is 23.0. The van der Waals surface area contributed by atoms with E-state index in [1.54, 1.807) is 24.3 Å². The normalized spacial score (nSPS) is 20.1. The minimum Gasteiger partial charge on any atom is -0.341 e. The Morgan fingerprint density at radius 1 is 1.36 bits per heavy atom. The van der Waals surface area contributed by atoms with Gasteiger partial charge in [-0.3, -0.25) is 9.78 Å². The van der Waals surface area contributed by atoms with Crippen molar-refractivity contribution in [3.8, 4) is 0 Å². The van der Waals surface area contributed by atoms with Crippen LogP contribution in [0.1, 0.15) is 12.0 Å². The van der Waals surface area contributed by atoms with Gasteiger partial charge in [-0.25, -0.2) is 8.42 Å². The lowest BCUT2D eigenvalue weighted by Crippen LogP contribution is -2.33. The number of carbonyl (C=O) groups is 1. The number of hydrogen-bond acceptors (Lipinski definition) is 4. The molecule has 1 atom stereocenters. The molecule has 1 amide bonds. The molecular weight excluding hydrogens is 300 g/mol.